The Morgan fingerprint density at radius 2 is 1.55 bits per heavy atom. The molecule has 29 heavy (non-hydrogen) atoms. The predicted molar refractivity (Wildman–Crippen MR) is 123 cm³/mol. The third kappa shape index (κ3) is 3.68. The van der Waals surface area contributed by atoms with Crippen molar-refractivity contribution in [3.05, 3.63) is 90.9 Å². The minimum absolute atomic E-state index is 0.927. The highest BCUT2D eigenvalue weighted by Crippen LogP contribution is 2.25. The summed E-state index contributed by atoms with van der Waals surface area (Å²) in [5.74, 6) is 1.22. The molecule has 0 aliphatic heterocycles. The number of aromatic nitrogens is 2. The monoisotopic (exact) mass is 382 g/mol. The molecule has 4 aromatic rings. The van der Waals surface area contributed by atoms with Crippen molar-refractivity contribution in [2.45, 2.75) is 26.9 Å². The number of aryl methyl sites for hydroxylation is 2. The Kier molecular flexibility index (Phi) is 5.48. The normalized spacial score (nSPS) is 11.4. The van der Waals surface area contributed by atoms with Crippen LogP contribution < -0.4 is 9.47 Å². The van der Waals surface area contributed by atoms with E-state index in [0.717, 1.165) is 13.1 Å². The Bertz CT molecular complexity index is 1130. The molecule has 0 unspecified atom stereocenters. The molecule has 0 fully saturated rings. The Labute approximate surface area is 173 Å². The van der Waals surface area contributed by atoms with Crippen LogP contribution in [0.2, 0.25) is 0 Å². The molecule has 4 rings (SSSR count). The second kappa shape index (κ2) is 8.36. The molecule has 3 heteroatoms. The van der Waals surface area contributed by atoms with Gasteiger partial charge in [-0.2, -0.15) is 0 Å². The van der Waals surface area contributed by atoms with Crippen molar-refractivity contribution in [3.8, 4) is 11.1 Å². The highest BCUT2D eigenvalue weighted by molar-refractivity contribution is 5.81. The fraction of sp³-hybridized carbons (Fsp3) is 0.192. The predicted octanol–water partition coefficient (Wildman–Crippen LogP) is 5.74. The van der Waals surface area contributed by atoms with Crippen LogP contribution >= 0.6 is 0 Å². The first-order valence-corrected chi connectivity index (χ1v) is 10.3. The van der Waals surface area contributed by atoms with Crippen LogP contribution in [0.5, 0.6) is 0 Å². The van der Waals surface area contributed by atoms with E-state index in [1.165, 1.54) is 33.7 Å². The van der Waals surface area contributed by atoms with Crippen molar-refractivity contribution in [2.75, 3.05) is 11.9 Å². The maximum atomic E-state index is 2.40. The molecule has 0 radical (unpaired) electrons. The van der Waals surface area contributed by atoms with E-state index in [-0.39, 0.29) is 0 Å². The number of hydrogen-bond acceptors (Lipinski definition) is 1. The second-order valence-corrected chi connectivity index (χ2v) is 7.18. The van der Waals surface area contributed by atoms with E-state index in [0.29, 0.717) is 0 Å². The van der Waals surface area contributed by atoms with Gasteiger partial charge in [0.1, 0.15) is 0 Å². The quantitative estimate of drug-likeness (QED) is 0.387. The summed E-state index contributed by atoms with van der Waals surface area (Å²) < 4.78 is 4.80. The minimum Gasteiger partial charge on any atom is -0.351 e. The van der Waals surface area contributed by atoms with Gasteiger partial charge in [0.2, 0.25) is 0 Å². The molecule has 146 valence electrons. The first-order chi connectivity index (χ1) is 14.2. The summed E-state index contributed by atoms with van der Waals surface area (Å²) in [7, 11) is 2.09. The zero-order valence-corrected chi connectivity index (χ0v) is 17.4. The maximum absolute atomic E-state index is 2.40. The van der Waals surface area contributed by atoms with E-state index < -0.39 is 0 Å². The van der Waals surface area contributed by atoms with Crippen LogP contribution in [0.1, 0.15) is 19.7 Å². The largest absolute Gasteiger partial charge is 0.351 e. The lowest BCUT2D eigenvalue weighted by Crippen LogP contribution is -2.35. The van der Waals surface area contributed by atoms with Gasteiger partial charge in [0.15, 0.2) is 11.0 Å². The molecular weight excluding hydrogens is 354 g/mol. The van der Waals surface area contributed by atoms with Gasteiger partial charge in [-0.3, -0.25) is 0 Å². The molecule has 3 aromatic carbocycles. The van der Waals surface area contributed by atoms with Crippen LogP contribution in [-0.4, -0.2) is 11.6 Å². The number of rotatable bonds is 6. The summed E-state index contributed by atoms with van der Waals surface area (Å²) >= 11 is 0. The molecule has 0 N–H and O–H groups in total. The second-order valence-electron chi connectivity index (χ2n) is 7.18. The van der Waals surface area contributed by atoms with Crippen LogP contribution in [0, 0.1) is 0 Å². The van der Waals surface area contributed by atoms with E-state index >= 15 is 0 Å². The smallest absolute Gasteiger partial charge is 0.283 e. The summed E-state index contributed by atoms with van der Waals surface area (Å²) in [6, 6.07) is 27.8. The van der Waals surface area contributed by atoms with E-state index in [2.05, 4.69) is 120 Å². The number of anilines is 1. The number of imidazole rings is 1. The molecule has 0 amide bonds. The fourth-order valence-electron chi connectivity index (χ4n) is 3.94. The van der Waals surface area contributed by atoms with Gasteiger partial charge in [-0.25, -0.2) is 9.13 Å². The van der Waals surface area contributed by atoms with Crippen molar-refractivity contribution in [2.24, 2.45) is 0 Å². The molecule has 0 bridgehead atoms. The maximum Gasteiger partial charge on any atom is 0.283 e. The number of para-hydroxylation sites is 1. The van der Waals surface area contributed by atoms with E-state index in [1.54, 1.807) is 0 Å². The molecule has 0 aliphatic carbocycles. The Hall–Kier alpha value is -3.33. The molecule has 1 aromatic heterocycles. The molecule has 0 aliphatic rings. The summed E-state index contributed by atoms with van der Waals surface area (Å²) in [6.07, 6.45) is 4.38. The lowest BCUT2D eigenvalue weighted by atomic mass is 10.1. The Morgan fingerprint density at radius 3 is 2.21 bits per heavy atom. The first kappa shape index (κ1) is 19.0. The lowest BCUT2D eigenvalue weighted by molar-refractivity contribution is -0.670. The molecule has 0 saturated carbocycles. The average Bonchev–Trinajstić information content (AvgIpc) is 3.10. The summed E-state index contributed by atoms with van der Waals surface area (Å²) in [6.45, 7) is 6.29. The minimum atomic E-state index is 0.927. The van der Waals surface area contributed by atoms with E-state index in [1.807, 2.05) is 6.07 Å². The third-order valence-corrected chi connectivity index (χ3v) is 5.46. The van der Waals surface area contributed by atoms with Crippen molar-refractivity contribution in [1.82, 2.24) is 4.57 Å². The zero-order chi connectivity index (χ0) is 20.2. The van der Waals surface area contributed by atoms with Gasteiger partial charge < -0.3 is 4.90 Å². The van der Waals surface area contributed by atoms with Gasteiger partial charge in [-0.05, 0) is 55.3 Å². The molecule has 0 saturated heterocycles. The van der Waals surface area contributed by atoms with Gasteiger partial charge in [0.05, 0.1) is 13.1 Å². The first-order valence-electron chi connectivity index (χ1n) is 10.3. The van der Waals surface area contributed by atoms with Crippen molar-refractivity contribution in [3.63, 3.8) is 0 Å². The van der Waals surface area contributed by atoms with Crippen LogP contribution in [0.4, 0.5) is 5.69 Å². The third-order valence-electron chi connectivity index (χ3n) is 5.46. The van der Waals surface area contributed by atoms with Crippen LogP contribution in [0.15, 0.2) is 85.1 Å². The summed E-state index contributed by atoms with van der Waals surface area (Å²) in [5.41, 5.74) is 6.23. The highest BCUT2D eigenvalue weighted by Gasteiger charge is 2.21. The zero-order valence-electron chi connectivity index (χ0n) is 17.4. The number of fused-ring (bicyclic) bond motifs is 1. The molecule has 0 atom stereocenters. The molecule has 3 nitrogen and oxygen atoms in total. The standard InChI is InChI=1S/C26H28N3/c1-4-28-24-17-16-22(21-12-8-6-9-13-21)20-25(24)29(5-2)26(28)18-19-27(3)23-14-10-7-11-15-23/h6-20H,4-5H2,1-3H3/q+1. The number of benzene rings is 3. The van der Waals surface area contributed by atoms with Crippen LogP contribution in [0.25, 0.3) is 28.2 Å². The van der Waals surface area contributed by atoms with Crippen molar-refractivity contribution >= 4 is 22.8 Å². The SMILES string of the molecule is CCn1c(C=CN(C)c2ccccc2)[n+](CC)c2ccc(-c3ccccc3)cc21. The van der Waals surface area contributed by atoms with Crippen molar-refractivity contribution in [1.29, 1.82) is 0 Å². The average molecular weight is 383 g/mol. The van der Waals surface area contributed by atoms with E-state index in [4.69, 9.17) is 0 Å². The van der Waals surface area contributed by atoms with Gasteiger partial charge in [-0.15, -0.1) is 0 Å². The van der Waals surface area contributed by atoms with Gasteiger partial charge in [0.25, 0.3) is 5.82 Å². The highest BCUT2D eigenvalue weighted by atomic mass is 15.2. The van der Waals surface area contributed by atoms with Crippen molar-refractivity contribution < 1.29 is 4.57 Å². The molecule has 1 heterocycles. The summed E-state index contributed by atoms with van der Waals surface area (Å²) in [4.78, 5) is 2.16. The Morgan fingerprint density at radius 1 is 0.862 bits per heavy atom. The summed E-state index contributed by atoms with van der Waals surface area (Å²) in [5, 5.41) is 0. The van der Waals surface area contributed by atoms with Gasteiger partial charge in [-0.1, -0.05) is 48.5 Å². The van der Waals surface area contributed by atoms with Gasteiger partial charge in [0, 0.05) is 25.0 Å². The fourth-order valence-corrected chi connectivity index (χ4v) is 3.94. The van der Waals surface area contributed by atoms with Gasteiger partial charge >= 0.3 is 0 Å². The molecule has 0 spiro atoms. The topological polar surface area (TPSA) is 12.1 Å². The van der Waals surface area contributed by atoms with Crippen LogP contribution in [-0.2, 0) is 13.1 Å². The van der Waals surface area contributed by atoms with E-state index in [9.17, 15) is 0 Å². The Balaban J connectivity index is 1.80. The lowest BCUT2D eigenvalue weighted by Gasteiger charge is -2.13. The number of hydrogen-bond donors (Lipinski definition) is 0. The number of nitrogens with zero attached hydrogens (tertiary/aromatic N) is 3. The van der Waals surface area contributed by atoms with Crippen LogP contribution in [0.3, 0.4) is 0 Å². The molecular formula is C26H28N3+.